The van der Waals surface area contributed by atoms with Gasteiger partial charge in [-0.3, -0.25) is 9.78 Å². The number of benzene rings is 1. The third kappa shape index (κ3) is 3.62. The number of hydrogen-bond acceptors (Lipinski definition) is 3. The molecule has 0 aliphatic heterocycles. The van der Waals surface area contributed by atoms with E-state index in [4.69, 9.17) is 5.73 Å². The molecule has 28 heavy (non-hydrogen) atoms. The summed E-state index contributed by atoms with van der Waals surface area (Å²) in [6, 6.07) is 5.64. The van der Waals surface area contributed by atoms with Gasteiger partial charge in [-0.2, -0.15) is 4.99 Å². The predicted octanol–water partition coefficient (Wildman–Crippen LogP) is 3.68. The van der Waals surface area contributed by atoms with E-state index in [-0.39, 0.29) is 17.2 Å². The van der Waals surface area contributed by atoms with E-state index in [1.807, 2.05) is 13.8 Å². The molecule has 1 unspecified atom stereocenters. The van der Waals surface area contributed by atoms with Gasteiger partial charge < -0.3 is 11.1 Å². The van der Waals surface area contributed by atoms with Gasteiger partial charge in [0.2, 0.25) is 0 Å². The normalized spacial score (nSPS) is 21.0. The third-order valence-corrected chi connectivity index (χ3v) is 4.86. The van der Waals surface area contributed by atoms with Gasteiger partial charge in [-0.05, 0) is 42.2 Å². The Morgan fingerprint density at radius 3 is 2.46 bits per heavy atom. The van der Waals surface area contributed by atoms with Crippen molar-refractivity contribution in [2.75, 3.05) is 5.32 Å². The standard InChI is InChI=1S/C20H19F3N4O/c1-19(2)11-20(19,17-15(23)4-3-6-26-17)18(28)27-16(24)5-7-25-14-9-12(21)8-13(22)10-14/h3-10,25H,11H2,1-2H3,(H2,24,27,28)/b7-5-. The molecular weight excluding hydrogens is 369 g/mol. The van der Waals surface area contributed by atoms with Crippen molar-refractivity contribution in [3.8, 4) is 0 Å². The highest BCUT2D eigenvalue weighted by Crippen LogP contribution is 2.64. The van der Waals surface area contributed by atoms with Crippen LogP contribution in [0.5, 0.6) is 0 Å². The molecule has 1 atom stereocenters. The van der Waals surface area contributed by atoms with Crippen molar-refractivity contribution >= 4 is 17.4 Å². The number of amides is 1. The predicted molar refractivity (Wildman–Crippen MR) is 100 cm³/mol. The van der Waals surface area contributed by atoms with Gasteiger partial charge in [-0.25, -0.2) is 13.2 Å². The number of rotatable bonds is 5. The molecule has 0 spiro atoms. The van der Waals surface area contributed by atoms with E-state index in [0.717, 1.165) is 18.2 Å². The second-order valence-electron chi connectivity index (χ2n) is 7.28. The van der Waals surface area contributed by atoms with Crippen molar-refractivity contribution in [2.45, 2.75) is 25.7 Å². The van der Waals surface area contributed by atoms with Crippen LogP contribution in [0.15, 0.2) is 53.8 Å². The first kappa shape index (κ1) is 19.6. The Balaban J connectivity index is 1.78. The van der Waals surface area contributed by atoms with E-state index in [1.54, 1.807) is 0 Å². The summed E-state index contributed by atoms with van der Waals surface area (Å²) < 4.78 is 40.6. The topological polar surface area (TPSA) is 80.4 Å². The van der Waals surface area contributed by atoms with Crippen molar-refractivity contribution in [1.29, 1.82) is 0 Å². The summed E-state index contributed by atoms with van der Waals surface area (Å²) in [5.74, 6) is -2.76. The zero-order valence-electron chi connectivity index (χ0n) is 15.3. The van der Waals surface area contributed by atoms with E-state index in [9.17, 15) is 18.0 Å². The van der Waals surface area contributed by atoms with Gasteiger partial charge in [0, 0.05) is 24.2 Å². The number of amidine groups is 1. The van der Waals surface area contributed by atoms with Crippen LogP contribution in [0.1, 0.15) is 26.0 Å². The number of halogens is 3. The Bertz CT molecular complexity index is 967. The van der Waals surface area contributed by atoms with E-state index >= 15 is 0 Å². The van der Waals surface area contributed by atoms with Crippen LogP contribution < -0.4 is 11.1 Å². The summed E-state index contributed by atoms with van der Waals surface area (Å²) in [4.78, 5) is 20.7. The fourth-order valence-corrected chi connectivity index (χ4v) is 3.30. The van der Waals surface area contributed by atoms with E-state index in [0.29, 0.717) is 6.42 Å². The molecule has 1 aliphatic rings. The number of carbonyl (C=O) groups excluding carboxylic acids is 1. The number of nitrogens with two attached hydrogens (primary N) is 1. The van der Waals surface area contributed by atoms with Crippen molar-refractivity contribution in [3.05, 3.63) is 72.0 Å². The molecule has 1 saturated carbocycles. The van der Waals surface area contributed by atoms with Crippen molar-refractivity contribution in [1.82, 2.24) is 4.98 Å². The lowest BCUT2D eigenvalue weighted by Crippen LogP contribution is -2.29. The van der Waals surface area contributed by atoms with Gasteiger partial charge in [-0.1, -0.05) is 13.8 Å². The molecule has 146 valence electrons. The first-order valence-corrected chi connectivity index (χ1v) is 8.54. The Morgan fingerprint density at radius 1 is 1.25 bits per heavy atom. The van der Waals surface area contributed by atoms with Crippen LogP contribution in [0.25, 0.3) is 0 Å². The van der Waals surface area contributed by atoms with Crippen LogP contribution in [0, 0.1) is 22.9 Å². The number of nitrogens with one attached hydrogen (secondary N) is 1. The maximum absolute atomic E-state index is 14.2. The van der Waals surface area contributed by atoms with Crippen LogP contribution >= 0.6 is 0 Å². The molecule has 3 N–H and O–H groups in total. The lowest BCUT2D eigenvalue weighted by atomic mass is 9.90. The second kappa shape index (κ2) is 7.10. The minimum atomic E-state index is -1.17. The van der Waals surface area contributed by atoms with Crippen LogP contribution in [0.2, 0.25) is 0 Å². The molecule has 1 amide bonds. The molecule has 5 nitrogen and oxygen atoms in total. The number of aliphatic imine (C=N–C) groups is 1. The lowest BCUT2D eigenvalue weighted by molar-refractivity contribution is -0.121. The van der Waals surface area contributed by atoms with E-state index in [2.05, 4.69) is 15.3 Å². The molecule has 1 aliphatic carbocycles. The van der Waals surface area contributed by atoms with Gasteiger partial charge in [0.15, 0.2) is 0 Å². The highest BCUT2D eigenvalue weighted by molar-refractivity contribution is 6.05. The first-order valence-electron chi connectivity index (χ1n) is 8.54. The van der Waals surface area contributed by atoms with Gasteiger partial charge in [-0.15, -0.1) is 0 Å². The number of aromatic nitrogens is 1. The highest BCUT2D eigenvalue weighted by Gasteiger charge is 2.69. The molecule has 8 heteroatoms. The van der Waals surface area contributed by atoms with E-state index < -0.39 is 34.2 Å². The summed E-state index contributed by atoms with van der Waals surface area (Å²) in [7, 11) is 0. The Hall–Kier alpha value is -3.16. The number of anilines is 1. The summed E-state index contributed by atoms with van der Waals surface area (Å²) in [5, 5.41) is 2.64. The maximum Gasteiger partial charge on any atom is 0.260 e. The van der Waals surface area contributed by atoms with Gasteiger partial charge >= 0.3 is 0 Å². The molecule has 0 radical (unpaired) electrons. The fraction of sp³-hybridized carbons (Fsp3) is 0.250. The summed E-state index contributed by atoms with van der Waals surface area (Å²) in [5.41, 5.74) is 4.31. The Morgan fingerprint density at radius 2 is 1.89 bits per heavy atom. The molecular formula is C20H19F3N4O. The molecule has 1 heterocycles. The lowest BCUT2D eigenvalue weighted by Gasteiger charge is -2.17. The zero-order chi connectivity index (χ0) is 20.5. The smallest absolute Gasteiger partial charge is 0.260 e. The van der Waals surface area contributed by atoms with Crippen LogP contribution in [0.4, 0.5) is 18.9 Å². The molecule has 2 aromatic rings. The monoisotopic (exact) mass is 388 g/mol. The minimum Gasteiger partial charge on any atom is -0.384 e. The Labute approximate surface area is 160 Å². The van der Waals surface area contributed by atoms with Crippen LogP contribution in [-0.2, 0) is 10.2 Å². The third-order valence-electron chi connectivity index (χ3n) is 4.86. The number of carbonyl (C=O) groups is 1. The van der Waals surface area contributed by atoms with Crippen molar-refractivity contribution in [3.63, 3.8) is 0 Å². The SMILES string of the molecule is CC1(C)CC1(C(=O)N=C(N)/C=C\Nc1cc(F)cc(F)c1)c1ncccc1F. The molecule has 0 saturated heterocycles. The molecule has 1 aromatic heterocycles. The summed E-state index contributed by atoms with van der Waals surface area (Å²) in [6.07, 6.45) is 4.40. The van der Waals surface area contributed by atoms with Crippen LogP contribution in [-0.4, -0.2) is 16.7 Å². The van der Waals surface area contributed by atoms with Crippen LogP contribution in [0.3, 0.4) is 0 Å². The number of pyridine rings is 1. The summed E-state index contributed by atoms with van der Waals surface area (Å²) in [6.45, 7) is 3.67. The average Bonchev–Trinajstić information content (AvgIpc) is 3.18. The zero-order valence-corrected chi connectivity index (χ0v) is 15.3. The van der Waals surface area contributed by atoms with E-state index in [1.165, 1.54) is 30.6 Å². The summed E-state index contributed by atoms with van der Waals surface area (Å²) >= 11 is 0. The second-order valence-corrected chi connectivity index (χ2v) is 7.28. The molecule has 3 rings (SSSR count). The number of hydrogen-bond donors (Lipinski definition) is 2. The van der Waals surface area contributed by atoms with Gasteiger partial charge in [0.05, 0.1) is 5.69 Å². The largest absolute Gasteiger partial charge is 0.384 e. The molecule has 1 fully saturated rings. The maximum atomic E-state index is 14.2. The first-order chi connectivity index (χ1) is 13.2. The molecule has 0 bridgehead atoms. The quantitative estimate of drug-likeness (QED) is 0.605. The van der Waals surface area contributed by atoms with Gasteiger partial charge in [0.25, 0.3) is 5.91 Å². The minimum absolute atomic E-state index is 0.0545. The van der Waals surface area contributed by atoms with Crippen molar-refractivity contribution in [2.24, 2.45) is 16.1 Å². The molecule has 1 aromatic carbocycles. The number of nitrogens with zero attached hydrogens (tertiary/aromatic N) is 2. The van der Waals surface area contributed by atoms with Gasteiger partial charge in [0.1, 0.15) is 28.7 Å². The Kier molecular flexibility index (Phi) is 4.97. The van der Waals surface area contributed by atoms with Crippen molar-refractivity contribution < 1.29 is 18.0 Å². The highest BCUT2D eigenvalue weighted by atomic mass is 19.1. The average molecular weight is 388 g/mol. The fourth-order valence-electron chi connectivity index (χ4n) is 3.30.